The maximum atomic E-state index is 10.6. The second-order valence-corrected chi connectivity index (χ2v) is 6.35. The van der Waals surface area contributed by atoms with Crippen molar-refractivity contribution in [2.24, 2.45) is 0 Å². The molecule has 1 aliphatic rings. The first-order valence-electron chi connectivity index (χ1n) is 7.11. The summed E-state index contributed by atoms with van der Waals surface area (Å²) in [5.41, 5.74) is 2.37. The van der Waals surface area contributed by atoms with Crippen molar-refractivity contribution >= 4 is 11.3 Å². The Kier molecular flexibility index (Phi) is 3.71. The molecule has 0 saturated heterocycles. The molecule has 0 amide bonds. The molecule has 0 fully saturated rings. The Hall–Kier alpha value is -1.13. The van der Waals surface area contributed by atoms with Gasteiger partial charge in [-0.3, -0.25) is 4.68 Å². The van der Waals surface area contributed by atoms with E-state index in [0.29, 0.717) is 0 Å². The third-order valence-corrected chi connectivity index (χ3v) is 5.04. The number of aliphatic hydroxyl groups is 1. The molecule has 2 heterocycles. The first-order valence-corrected chi connectivity index (χ1v) is 7.92. The van der Waals surface area contributed by atoms with Gasteiger partial charge >= 0.3 is 0 Å². The summed E-state index contributed by atoms with van der Waals surface area (Å²) >= 11 is 1.78. The van der Waals surface area contributed by atoms with E-state index in [2.05, 4.69) is 18.1 Å². The fraction of sp³-hybridized carbons (Fsp3) is 0.533. The molecule has 0 saturated carbocycles. The van der Waals surface area contributed by atoms with Gasteiger partial charge < -0.3 is 5.11 Å². The van der Waals surface area contributed by atoms with Crippen molar-refractivity contribution in [2.45, 2.75) is 51.7 Å². The number of hydrogen-bond acceptors (Lipinski definition) is 3. The van der Waals surface area contributed by atoms with Crippen molar-refractivity contribution in [1.29, 1.82) is 0 Å². The highest BCUT2D eigenvalue weighted by Gasteiger charge is 2.21. The van der Waals surface area contributed by atoms with E-state index in [0.717, 1.165) is 23.5 Å². The highest BCUT2D eigenvalue weighted by molar-refractivity contribution is 7.12. The number of hydrogen-bond donors (Lipinski definition) is 1. The third-order valence-electron chi connectivity index (χ3n) is 3.75. The van der Waals surface area contributed by atoms with Gasteiger partial charge in [0.2, 0.25) is 0 Å². The first-order chi connectivity index (χ1) is 9.29. The van der Waals surface area contributed by atoms with E-state index in [1.54, 1.807) is 17.5 Å². The minimum absolute atomic E-state index is 0.523. The number of thiophene rings is 1. The second-order valence-electron chi connectivity index (χ2n) is 5.19. The Morgan fingerprint density at radius 3 is 3.05 bits per heavy atom. The van der Waals surface area contributed by atoms with Crippen LogP contribution in [0.5, 0.6) is 0 Å². The lowest BCUT2D eigenvalue weighted by Crippen LogP contribution is -2.09. The molecular weight excluding hydrogens is 256 g/mol. The van der Waals surface area contributed by atoms with Crippen LogP contribution in [-0.4, -0.2) is 14.9 Å². The Bertz CT molecular complexity index is 535. The van der Waals surface area contributed by atoms with Gasteiger partial charge in [0.05, 0.1) is 5.69 Å². The van der Waals surface area contributed by atoms with Crippen LogP contribution in [0.2, 0.25) is 0 Å². The van der Waals surface area contributed by atoms with Gasteiger partial charge in [0.1, 0.15) is 6.10 Å². The summed E-state index contributed by atoms with van der Waals surface area (Å²) in [4.78, 5) is 2.55. The lowest BCUT2D eigenvalue weighted by atomic mass is 9.99. The zero-order valence-corrected chi connectivity index (χ0v) is 12.1. The van der Waals surface area contributed by atoms with Crippen molar-refractivity contribution in [2.75, 3.05) is 0 Å². The van der Waals surface area contributed by atoms with E-state index in [4.69, 9.17) is 0 Å². The Morgan fingerprint density at radius 1 is 1.42 bits per heavy atom. The van der Waals surface area contributed by atoms with E-state index < -0.39 is 6.10 Å². The second kappa shape index (κ2) is 5.47. The summed E-state index contributed by atoms with van der Waals surface area (Å²) in [5, 5.41) is 14.9. The van der Waals surface area contributed by atoms with Crippen LogP contribution in [0, 0.1) is 0 Å². The van der Waals surface area contributed by atoms with Crippen LogP contribution in [0.25, 0.3) is 0 Å². The van der Waals surface area contributed by atoms with E-state index in [1.165, 1.54) is 36.1 Å². The van der Waals surface area contributed by atoms with E-state index in [-0.39, 0.29) is 0 Å². The fourth-order valence-electron chi connectivity index (χ4n) is 2.77. The predicted molar refractivity (Wildman–Crippen MR) is 77.5 cm³/mol. The predicted octanol–water partition coefficient (Wildman–Crippen LogP) is 3.32. The van der Waals surface area contributed by atoms with E-state index >= 15 is 0 Å². The lowest BCUT2D eigenvalue weighted by molar-refractivity contribution is 0.211. The number of fused-ring (bicyclic) bond motifs is 1. The lowest BCUT2D eigenvalue weighted by Gasteiger charge is -2.11. The number of aromatic nitrogens is 2. The molecule has 0 radical (unpaired) electrons. The average molecular weight is 276 g/mol. The van der Waals surface area contributed by atoms with Gasteiger partial charge in [-0.05, 0) is 49.8 Å². The van der Waals surface area contributed by atoms with Crippen molar-refractivity contribution in [3.63, 3.8) is 0 Å². The van der Waals surface area contributed by atoms with Crippen LogP contribution >= 0.6 is 11.3 Å². The molecule has 0 aliphatic heterocycles. The zero-order chi connectivity index (χ0) is 13.2. The number of rotatable bonds is 4. The molecule has 0 spiro atoms. The average Bonchev–Trinajstić information content (AvgIpc) is 3.04. The highest BCUT2D eigenvalue weighted by Crippen LogP contribution is 2.35. The quantitative estimate of drug-likeness (QED) is 0.930. The number of nitrogens with zero attached hydrogens (tertiary/aromatic N) is 2. The normalized spacial score (nSPS) is 16.3. The summed E-state index contributed by atoms with van der Waals surface area (Å²) in [6.07, 6.45) is 7.21. The molecule has 4 heteroatoms. The van der Waals surface area contributed by atoms with Gasteiger partial charge in [-0.25, -0.2) is 0 Å². The van der Waals surface area contributed by atoms with Crippen LogP contribution in [0.1, 0.15) is 53.3 Å². The monoisotopic (exact) mass is 276 g/mol. The summed E-state index contributed by atoms with van der Waals surface area (Å²) in [6, 6.07) is 4.13. The van der Waals surface area contributed by atoms with Gasteiger partial charge in [0.15, 0.2) is 0 Å². The van der Waals surface area contributed by atoms with E-state index in [9.17, 15) is 5.11 Å². The molecule has 0 aromatic carbocycles. The molecule has 3 rings (SSSR count). The van der Waals surface area contributed by atoms with Crippen molar-refractivity contribution in [1.82, 2.24) is 9.78 Å². The molecule has 1 aliphatic carbocycles. The van der Waals surface area contributed by atoms with Crippen LogP contribution in [-0.2, 0) is 19.4 Å². The Balaban J connectivity index is 1.88. The van der Waals surface area contributed by atoms with Crippen LogP contribution in [0.15, 0.2) is 18.3 Å². The van der Waals surface area contributed by atoms with Gasteiger partial charge in [-0.2, -0.15) is 5.10 Å². The summed E-state index contributed by atoms with van der Waals surface area (Å²) < 4.78 is 1.92. The fourth-order valence-corrected chi connectivity index (χ4v) is 4.02. The molecule has 1 unspecified atom stereocenters. The number of aryl methyl sites for hydroxylation is 3. The van der Waals surface area contributed by atoms with Crippen molar-refractivity contribution in [3.8, 4) is 0 Å². The summed E-state index contributed by atoms with van der Waals surface area (Å²) in [7, 11) is 0. The Morgan fingerprint density at radius 2 is 2.26 bits per heavy atom. The maximum absolute atomic E-state index is 10.6. The van der Waals surface area contributed by atoms with Crippen LogP contribution in [0.3, 0.4) is 0 Å². The summed E-state index contributed by atoms with van der Waals surface area (Å²) in [5.74, 6) is 0. The van der Waals surface area contributed by atoms with Crippen LogP contribution in [0.4, 0.5) is 0 Å². The van der Waals surface area contributed by atoms with Crippen LogP contribution < -0.4 is 0 Å². The minimum atomic E-state index is -0.523. The van der Waals surface area contributed by atoms with Gasteiger partial charge in [-0.1, -0.05) is 6.92 Å². The van der Waals surface area contributed by atoms with Crippen molar-refractivity contribution in [3.05, 3.63) is 39.3 Å². The molecule has 1 N–H and O–H groups in total. The molecular formula is C15H20N2OS. The standard InChI is InChI=1S/C15H20N2OS/c1-2-9-17-12(7-8-16-17)15(18)14-10-11-5-3-4-6-13(11)19-14/h7-8,10,15,18H,2-6,9H2,1H3. The molecule has 1 atom stereocenters. The van der Waals surface area contributed by atoms with E-state index in [1.807, 2.05) is 10.7 Å². The smallest absolute Gasteiger partial charge is 0.130 e. The topological polar surface area (TPSA) is 38.0 Å². The largest absolute Gasteiger partial charge is 0.381 e. The molecule has 102 valence electrons. The third kappa shape index (κ3) is 2.47. The highest BCUT2D eigenvalue weighted by atomic mass is 32.1. The van der Waals surface area contributed by atoms with Gasteiger partial charge in [0, 0.05) is 22.5 Å². The minimum Gasteiger partial charge on any atom is -0.381 e. The van der Waals surface area contributed by atoms with Crippen molar-refractivity contribution < 1.29 is 5.11 Å². The van der Waals surface area contributed by atoms with Gasteiger partial charge in [-0.15, -0.1) is 11.3 Å². The van der Waals surface area contributed by atoms with Gasteiger partial charge in [0.25, 0.3) is 0 Å². The SMILES string of the molecule is CCCn1nccc1C(O)c1cc2c(s1)CCCC2. The zero-order valence-electron chi connectivity index (χ0n) is 11.3. The Labute approximate surface area is 117 Å². The molecule has 2 aromatic heterocycles. The first kappa shape index (κ1) is 12.9. The molecule has 3 nitrogen and oxygen atoms in total. The molecule has 19 heavy (non-hydrogen) atoms. The maximum Gasteiger partial charge on any atom is 0.130 e. The molecule has 2 aromatic rings. The number of aliphatic hydroxyl groups excluding tert-OH is 1. The molecule has 0 bridgehead atoms. The summed E-state index contributed by atoms with van der Waals surface area (Å²) in [6.45, 7) is 2.99.